The predicted molar refractivity (Wildman–Crippen MR) is 125 cm³/mol. The number of ether oxygens (including phenoxy) is 1. The van der Waals surface area contributed by atoms with Crippen LogP contribution in [0, 0.1) is 0 Å². The minimum absolute atomic E-state index is 0.0143. The van der Waals surface area contributed by atoms with Gasteiger partial charge < -0.3 is 9.84 Å². The summed E-state index contributed by atoms with van der Waals surface area (Å²) in [7, 11) is 0. The summed E-state index contributed by atoms with van der Waals surface area (Å²) in [5, 5.41) is 11.5. The van der Waals surface area contributed by atoms with Gasteiger partial charge in [-0.05, 0) is 54.1 Å². The number of aromatic carboxylic acids is 1. The van der Waals surface area contributed by atoms with Gasteiger partial charge in [0.1, 0.15) is 17.9 Å². The van der Waals surface area contributed by atoms with Gasteiger partial charge in [0, 0.05) is 10.6 Å². The molecule has 1 aliphatic heterocycles. The average Bonchev–Trinajstić information content (AvgIpc) is 2.82. The monoisotopic (exact) mass is 476 g/mol. The summed E-state index contributed by atoms with van der Waals surface area (Å²) >= 11 is 6.13. The fourth-order valence-electron chi connectivity index (χ4n) is 3.30. The summed E-state index contributed by atoms with van der Waals surface area (Å²) in [6.45, 7) is 0.249. The molecule has 3 aromatic carbocycles. The molecule has 0 bridgehead atoms. The van der Waals surface area contributed by atoms with Crippen LogP contribution in [0.2, 0.25) is 5.02 Å². The molecule has 170 valence electrons. The quantitative estimate of drug-likeness (QED) is 0.405. The highest BCUT2D eigenvalue weighted by Crippen LogP contribution is 2.28. The highest BCUT2D eigenvalue weighted by Gasteiger charge is 2.37. The molecule has 34 heavy (non-hydrogen) atoms. The van der Waals surface area contributed by atoms with Gasteiger partial charge in [0.25, 0.3) is 11.8 Å². The number of benzene rings is 3. The second kappa shape index (κ2) is 9.60. The van der Waals surface area contributed by atoms with E-state index in [0.717, 1.165) is 10.5 Å². The number of carboxylic acids is 1. The molecule has 3 aromatic rings. The first kappa shape index (κ1) is 22.8. The Morgan fingerprint density at radius 3 is 2.38 bits per heavy atom. The third-order valence-corrected chi connectivity index (χ3v) is 5.22. The van der Waals surface area contributed by atoms with E-state index < -0.39 is 23.8 Å². The molecule has 1 fully saturated rings. The van der Waals surface area contributed by atoms with E-state index in [9.17, 15) is 19.2 Å². The molecule has 2 N–H and O–H groups in total. The van der Waals surface area contributed by atoms with Crippen LogP contribution in [-0.4, -0.2) is 28.9 Å². The molecule has 0 unspecified atom stereocenters. The van der Waals surface area contributed by atoms with Crippen molar-refractivity contribution in [1.29, 1.82) is 0 Å². The maximum absolute atomic E-state index is 13.1. The van der Waals surface area contributed by atoms with Gasteiger partial charge in [-0.3, -0.25) is 14.9 Å². The van der Waals surface area contributed by atoms with E-state index in [1.165, 1.54) is 36.4 Å². The summed E-state index contributed by atoms with van der Waals surface area (Å²) in [6.07, 6.45) is 1.30. The van der Waals surface area contributed by atoms with Gasteiger partial charge in [0.2, 0.25) is 0 Å². The van der Waals surface area contributed by atoms with E-state index >= 15 is 0 Å². The van der Waals surface area contributed by atoms with Crippen LogP contribution < -0.4 is 15.0 Å². The van der Waals surface area contributed by atoms with Crippen molar-refractivity contribution in [2.45, 2.75) is 6.61 Å². The number of anilines is 1. The molecule has 8 nitrogen and oxygen atoms in total. The van der Waals surface area contributed by atoms with Crippen LogP contribution in [0.1, 0.15) is 21.5 Å². The van der Waals surface area contributed by atoms with Crippen molar-refractivity contribution in [2.24, 2.45) is 0 Å². The Kier molecular flexibility index (Phi) is 6.42. The van der Waals surface area contributed by atoms with Crippen molar-refractivity contribution in [1.82, 2.24) is 5.32 Å². The molecule has 1 heterocycles. The Labute approximate surface area is 199 Å². The number of carboxylic acid groups (broad SMARTS) is 1. The predicted octanol–water partition coefficient (Wildman–Crippen LogP) is 4.28. The first-order valence-corrected chi connectivity index (χ1v) is 10.4. The zero-order chi connectivity index (χ0) is 24.2. The normalized spacial score (nSPS) is 14.8. The minimum atomic E-state index is -1.15. The molecule has 0 spiro atoms. The molecule has 0 atom stereocenters. The van der Waals surface area contributed by atoms with Crippen molar-refractivity contribution in [2.75, 3.05) is 4.90 Å². The lowest BCUT2D eigenvalue weighted by atomic mass is 10.1. The average molecular weight is 477 g/mol. The molecule has 0 aromatic heterocycles. The van der Waals surface area contributed by atoms with E-state index in [2.05, 4.69) is 5.32 Å². The number of carbonyl (C=O) groups is 4. The second-order valence-electron chi connectivity index (χ2n) is 7.27. The van der Waals surface area contributed by atoms with Crippen LogP contribution in [-0.2, 0) is 16.2 Å². The Morgan fingerprint density at radius 1 is 1.00 bits per heavy atom. The number of halogens is 1. The molecule has 4 rings (SSSR count). The number of nitrogens with one attached hydrogen (secondary N) is 1. The van der Waals surface area contributed by atoms with E-state index in [-0.39, 0.29) is 23.4 Å². The smallest absolute Gasteiger partial charge is 0.335 e. The lowest BCUT2D eigenvalue weighted by Gasteiger charge is -2.26. The molecule has 1 aliphatic rings. The summed E-state index contributed by atoms with van der Waals surface area (Å²) in [5.74, 6) is -2.51. The van der Waals surface area contributed by atoms with Gasteiger partial charge >= 0.3 is 12.0 Å². The van der Waals surface area contributed by atoms with Crippen molar-refractivity contribution in [3.63, 3.8) is 0 Å². The Bertz CT molecular complexity index is 1320. The largest absolute Gasteiger partial charge is 0.488 e. The van der Waals surface area contributed by atoms with E-state index in [1.807, 2.05) is 30.3 Å². The first-order valence-electron chi connectivity index (χ1n) is 10.0. The number of carbonyl (C=O) groups excluding carboxylic acids is 3. The number of amides is 4. The zero-order valence-electron chi connectivity index (χ0n) is 17.5. The number of imide groups is 2. The molecule has 4 amide bonds. The van der Waals surface area contributed by atoms with Crippen LogP contribution in [0.3, 0.4) is 0 Å². The minimum Gasteiger partial charge on any atom is -0.488 e. The number of urea groups is 1. The Hall–Kier alpha value is -4.43. The number of hydrogen-bond acceptors (Lipinski definition) is 5. The zero-order valence-corrected chi connectivity index (χ0v) is 18.3. The van der Waals surface area contributed by atoms with Crippen LogP contribution >= 0.6 is 11.6 Å². The Morgan fingerprint density at radius 2 is 1.71 bits per heavy atom. The maximum Gasteiger partial charge on any atom is 0.335 e. The SMILES string of the molecule is O=C1NC(=O)N(c2ccc(C(=O)O)cc2)C(=O)/C1=C/c1cc(Cl)ccc1OCc1ccccc1. The van der Waals surface area contributed by atoms with Crippen LogP contribution in [0.25, 0.3) is 6.08 Å². The van der Waals surface area contributed by atoms with E-state index in [1.54, 1.807) is 12.1 Å². The van der Waals surface area contributed by atoms with Crippen LogP contribution in [0.4, 0.5) is 10.5 Å². The summed E-state index contributed by atoms with van der Waals surface area (Å²) < 4.78 is 5.88. The van der Waals surface area contributed by atoms with Gasteiger partial charge in [0.05, 0.1) is 11.3 Å². The van der Waals surface area contributed by atoms with Gasteiger partial charge in [-0.1, -0.05) is 41.9 Å². The Balaban J connectivity index is 1.66. The standard InChI is InChI=1S/C25H17ClN2O6/c26-18-8-11-21(34-14-15-4-2-1-3-5-15)17(12-18)13-20-22(29)27-25(33)28(23(20)30)19-9-6-16(7-10-19)24(31)32/h1-13H,14H2,(H,31,32)(H,27,29,33)/b20-13+. The number of nitrogens with zero attached hydrogens (tertiary/aromatic N) is 1. The number of hydrogen-bond donors (Lipinski definition) is 2. The van der Waals surface area contributed by atoms with Gasteiger partial charge in [-0.25, -0.2) is 14.5 Å². The van der Waals surface area contributed by atoms with Crippen LogP contribution in [0.15, 0.2) is 78.4 Å². The fourth-order valence-corrected chi connectivity index (χ4v) is 3.48. The second-order valence-corrected chi connectivity index (χ2v) is 7.70. The molecule has 1 saturated heterocycles. The lowest BCUT2D eigenvalue weighted by Crippen LogP contribution is -2.54. The molecule has 0 aliphatic carbocycles. The molecular formula is C25H17ClN2O6. The third-order valence-electron chi connectivity index (χ3n) is 4.98. The van der Waals surface area contributed by atoms with Crippen molar-refractivity contribution >= 4 is 47.2 Å². The molecule has 9 heteroatoms. The molecule has 0 radical (unpaired) electrons. The number of rotatable bonds is 6. The van der Waals surface area contributed by atoms with E-state index in [0.29, 0.717) is 16.3 Å². The first-order chi connectivity index (χ1) is 16.3. The van der Waals surface area contributed by atoms with Gasteiger partial charge in [-0.2, -0.15) is 0 Å². The van der Waals surface area contributed by atoms with E-state index in [4.69, 9.17) is 21.4 Å². The van der Waals surface area contributed by atoms with Crippen molar-refractivity contribution in [3.8, 4) is 5.75 Å². The number of barbiturate groups is 1. The molecule has 0 saturated carbocycles. The van der Waals surface area contributed by atoms with Crippen LogP contribution in [0.5, 0.6) is 5.75 Å². The van der Waals surface area contributed by atoms with Crippen molar-refractivity contribution < 1.29 is 29.0 Å². The summed E-state index contributed by atoms with van der Waals surface area (Å²) in [5.41, 5.74) is 1.08. The maximum atomic E-state index is 13.1. The third kappa shape index (κ3) is 4.82. The van der Waals surface area contributed by atoms with Gasteiger partial charge in [-0.15, -0.1) is 0 Å². The highest BCUT2D eigenvalue weighted by atomic mass is 35.5. The van der Waals surface area contributed by atoms with Crippen molar-refractivity contribution in [3.05, 3.63) is 100 Å². The fraction of sp³-hybridized carbons (Fsp3) is 0.0400. The summed E-state index contributed by atoms with van der Waals surface area (Å²) in [6, 6.07) is 18.4. The topological polar surface area (TPSA) is 113 Å². The van der Waals surface area contributed by atoms with Gasteiger partial charge in [0.15, 0.2) is 0 Å². The molecular weight excluding hydrogens is 460 g/mol. The highest BCUT2D eigenvalue weighted by molar-refractivity contribution is 6.39. The summed E-state index contributed by atoms with van der Waals surface area (Å²) in [4.78, 5) is 49.9. The lowest BCUT2D eigenvalue weighted by molar-refractivity contribution is -0.122.